The number of hydrogen-bond donors (Lipinski definition) is 1. The quantitative estimate of drug-likeness (QED) is 0.854. The van der Waals surface area contributed by atoms with Gasteiger partial charge in [-0.1, -0.05) is 32.0 Å². The second kappa shape index (κ2) is 6.12. The zero-order valence-corrected chi connectivity index (χ0v) is 11.0. The van der Waals surface area contributed by atoms with Gasteiger partial charge in [0, 0.05) is 18.2 Å². The van der Waals surface area contributed by atoms with Gasteiger partial charge in [0.25, 0.3) is 0 Å². The number of hydrogen-bond acceptors (Lipinski definition) is 2. The molecule has 2 unspecified atom stereocenters. The average Bonchev–Trinajstić information content (AvgIpc) is 2.28. The number of benzene rings is 1. The van der Waals surface area contributed by atoms with E-state index >= 15 is 0 Å². The largest absolute Gasteiger partial charge is 0.392 e. The van der Waals surface area contributed by atoms with Crippen LogP contribution in [0.3, 0.4) is 0 Å². The zero-order chi connectivity index (χ0) is 13.0. The maximum absolute atomic E-state index is 13.6. The van der Waals surface area contributed by atoms with Gasteiger partial charge in [0.15, 0.2) is 0 Å². The van der Waals surface area contributed by atoms with E-state index in [0.717, 1.165) is 0 Å². The fourth-order valence-corrected chi connectivity index (χ4v) is 1.72. The van der Waals surface area contributed by atoms with Gasteiger partial charge >= 0.3 is 0 Å². The number of rotatable bonds is 5. The fraction of sp³-hybridized carbons (Fsp3) is 0.571. The van der Waals surface area contributed by atoms with E-state index in [1.165, 1.54) is 6.07 Å². The van der Waals surface area contributed by atoms with E-state index in [2.05, 4.69) is 0 Å². The zero-order valence-electron chi connectivity index (χ0n) is 11.0. The molecule has 2 atom stereocenters. The van der Waals surface area contributed by atoms with Crippen LogP contribution in [0.15, 0.2) is 24.3 Å². The van der Waals surface area contributed by atoms with Crippen molar-refractivity contribution in [2.45, 2.75) is 32.9 Å². The van der Waals surface area contributed by atoms with Crippen LogP contribution >= 0.6 is 0 Å². The van der Waals surface area contributed by atoms with Gasteiger partial charge in [0.05, 0.1) is 6.10 Å². The lowest BCUT2D eigenvalue weighted by Crippen LogP contribution is -2.34. The van der Waals surface area contributed by atoms with E-state index in [0.29, 0.717) is 12.1 Å². The van der Waals surface area contributed by atoms with Crippen LogP contribution in [0, 0.1) is 11.7 Å². The molecule has 0 aliphatic carbocycles. The molecule has 0 bridgehead atoms. The summed E-state index contributed by atoms with van der Waals surface area (Å²) in [5.41, 5.74) is 0.672. The molecule has 1 aromatic rings. The van der Waals surface area contributed by atoms with E-state index in [1.54, 1.807) is 12.1 Å². The van der Waals surface area contributed by atoms with Crippen LogP contribution in [0.1, 0.15) is 32.4 Å². The van der Waals surface area contributed by atoms with Crippen LogP contribution in [0.25, 0.3) is 0 Å². The average molecular weight is 239 g/mol. The number of likely N-dealkylation sites (N-methyl/N-ethyl adjacent to an activating group) is 1. The maximum atomic E-state index is 13.6. The van der Waals surface area contributed by atoms with E-state index in [4.69, 9.17) is 0 Å². The second-order valence-electron chi connectivity index (χ2n) is 4.95. The van der Waals surface area contributed by atoms with Crippen molar-refractivity contribution in [2.24, 2.45) is 5.92 Å². The highest BCUT2D eigenvalue weighted by molar-refractivity contribution is 5.20. The van der Waals surface area contributed by atoms with Crippen LogP contribution in [0.4, 0.5) is 4.39 Å². The van der Waals surface area contributed by atoms with Crippen molar-refractivity contribution in [1.82, 2.24) is 4.90 Å². The summed E-state index contributed by atoms with van der Waals surface area (Å²) < 4.78 is 13.6. The summed E-state index contributed by atoms with van der Waals surface area (Å²) >= 11 is 0. The highest BCUT2D eigenvalue weighted by Crippen LogP contribution is 2.22. The van der Waals surface area contributed by atoms with Gasteiger partial charge in [-0.3, -0.25) is 4.90 Å². The number of aliphatic hydroxyl groups excluding tert-OH is 1. The Morgan fingerprint density at radius 1 is 1.24 bits per heavy atom. The first kappa shape index (κ1) is 14.1. The van der Waals surface area contributed by atoms with Crippen LogP contribution in [0.5, 0.6) is 0 Å². The van der Waals surface area contributed by atoms with Crippen molar-refractivity contribution in [3.63, 3.8) is 0 Å². The first-order chi connectivity index (χ1) is 7.93. The molecule has 0 radical (unpaired) electrons. The molecule has 0 heterocycles. The van der Waals surface area contributed by atoms with E-state index in [9.17, 15) is 9.50 Å². The number of halogens is 1. The topological polar surface area (TPSA) is 23.5 Å². The second-order valence-corrected chi connectivity index (χ2v) is 4.95. The van der Waals surface area contributed by atoms with E-state index in [1.807, 2.05) is 38.8 Å². The molecule has 0 saturated carbocycles. The molecular formula is C14H22FNO. The Kier molecular flexibility index (Phi) is 5.09. The maximum Gasteiger partial charge on any atom is 0.127 e. The molecule has 0 aliphatic heterocycles. The van der Waals surface area contributed by atoms with Gasteiger partial charge in [0.2, 0.25) is 0 Å². The van der Waals surface area contributed by atoms with Crippen molar-refractivity contribution in [2.75, 3.05) is 13.6 Å². The molecule has 1 N–H and O–H groups in total. The lowest BCUT2D eigenvalue weighted by atomic mass is 10.0. The predicted octanol–water partition coefficient (Wildman–Crippen LogP) is 2.84. The summed E-state index contributed by atoms with van der Waals surface area (Å²) in [4.78, 5) is 1.98. The molecule has 1 rings (SSSR count). The molecule has 0 spiro atoms. The first-order valence-corrected chi connectivity index (χ1v) is 6.06. The minimum Gasteiger partial charge on any atom is -0.392 e. The molecule has 1 aromatic carbocycles. The molecular weight excluding hydrogens is 217 g/mol. The summed E-state index contributed by atoms with van der Waals surface area (Å²) in [6.45, 7) is 6.46. The lowest BCUT2D eigenvalue weighted by molar-refractivity contribution is 0.0723. The summed E-state index contributed by atoms with van der Waals surface area (Å²) in [6.07, 6.45) is -0.380. The third kappa shape index (κ3) is 3.79. The molecule has 0 amide bonds. The van der Waals surface area contributed by atoms with Crippen molar-refractivity contribution in [1.29, 1.82) is 0 Å². The molecule has 0 saturated heterocycles. The molecule has 17 heavy (non-hydrogen) atoms. The fourth-order valence-electron chi connectivity index (χ4n) is 1.72. The summed E-state index contributed by atoms with van der Waals surface area (Å²) in [6, 6.07) is 6.75. The van der Waals surface area contributed by atoms with E-state index < -0.39 is 0 Å². The van der Waals surface area contributed by atoms with Gasteiger partial charge in [-0.15, -0.1) is 0 Å². The minimum absolute atomic E-state index is 0.0374. The first-order valence-electron chi connectivity index (χ1n) is 6.06. The Balaban J connectivity index is 2.70. The summed E-state index contributed by atoms with van der Waals surface area (Å²) in [7, 11) is 1.91. The third-order valence-electron chi connectivity index (χ3n) is 3.26. The number of aliphatic hydroxyl groups is 1. The Hall–Kier alpha value is -0.930. The van der Waals surface area contributed by atoms with Crippen molar-refractivity contribution in [3.05, 3.63) is 35.6 Å². The van der Waals surface area contributed by atoms with Crippen LogP contribution < -0.4 is 0 Å². The lowest BCUT2D eigenvalue weighted by Gasteiger charge is -2.28. The SMILES string of the molecule is CC(C)C(O)CN(C)C(C)c1ccccc1F. The van der Waals surface area contributed by atoms with Crippen molar-refractivity contribution >= 4 is 0 Å². The summed E-state index contributed by atoms with van der Waals surface area (Å²) in [5, 5.41) is 9.83. The van der Waals surface area contributed by atoms with E-state index in [-0.39, 0.29) is 23.9 Å². The predicted molar refractivity (Wildman–Crippen MR) is 68.3 cm³/mol. The molecule has 96 valence electrons. The van der Waals surface area contributed by atoms with Crippen molar-refractivity contribution < 1.29 is 9.50 Å². The normalized spacial score (nSPS) is 15.3. The molecule has 0 aromatic heterocycles. The Morgan fingerprint density at radius 3 is 2.35 bits per heavy atom. The monoisotopic (exact) mass is 239 g/mol. The van der Waals surface area contributed by atoms with Gasteiger partial charge in [0.1, 0.15) is 5.82 Å². The van der Waals surface area contributed by atoms with Gasteiger partial charge in [-0.2, -0.15) is 0 Å². The Bertz CT molecular complexity index is 354. The molecule has 3 heteroatoms. The summed E-state index contributed by atoms with van der Waals surface area (Å²) in [5.74, 6) is 0.0242. The Labute approximate surface area is 103 Å². The number of nitrogens with zero attached hydrogens (tertiary/aromatic N) is 1. The van der Waals surface area contributed by atoms with Crippen LogP contribution in [-0.4, -0.2) is 29.7 Å². The molecule has 0 aliphatic rings. The highest BCUT2D eigenvalue weighted by atomic mass is 19.1. The Morgan fingerprint density at radius 2 is 1.82 bits per heavy atom. The highest BCUT2D eigenvalue weighted by Gasteiger charge is 2.19. The van der Waals surface area contributed by atoms with Gasteiger partial charge < -0.3 is 5.11 Å². The van der Waals surface area contributed by atoms with Crippen LogP contribution in [0.2, 0.25) is 0 Å². The standard InChI is InChI=1S/C14H22FNO/c1-10(2)14(17)9-16(4)11(3)12-7-5-6-8-13(12)15/h5-8,10-11,14,17H,9H2,1-4H3. The van der Waals surface area contributed by atoms with Gasteiger partial charge in [-0.05, 0) is 26.0 Å². The smallest absolute Gasteiger partial charge is 0.127 e. The van der Waals surface area contributed by atoms with Gasteiger partial charge in [-0.25, -0.2) is 4.39 Å². The molecule has 0 fully saturated rings. The molecule has 2 nitrogen and oxygen atoms in total. The minimum atomic E-state index is -0.380. The third-order valence-corrected chi connectivity index (χ3v) is 3.26. The van der Waals surface area contributed by atoms with Crippen molar-refractivity contribution in [3.8, 4) is 0 Å². The van der Waals surface area contributed by atoms with Crippen LogP contribution in [-0.2, 0) is 0 Å².